The van der Waals surface area contributed by atoms with Crippen molar-refractivity contribution in [1.82, 2.24) is 0 Å². The van der Waals surface area contributed by atoms with Crippen molar-refractivity contribution in [2.24, 2.45) is 0 Å². The van der Waals surface area contributed by atoms with Gasteiger partial charge in [-0.3, -0.25) is 0 Å². The van der Waals surface area contributed by atoms with Crippen molar-refractivity contribution in [2.75, 3.05) is 9.80 Å². The van der Waals surface area contributed by atoms with Crippen LogP contribution < -0.4 is 9.80 Å². The Balaban J connectivity index is 1.14. The lowest BCUT2D eigenvalue weighted by Gasteiger charge is -2.37. The SMILES string of the molecule is CC1(C)c2ccccc2-c2cc(N(c3ccccc3)c3cccc4c3[C@@]3(CC4)CCc4cccc(N(c5ccccc5)c5cccc6ccccc56)c43)ccc21. The first-order valence-corrected chi connectivity index (χ1v) is 20.2. The third kappa shape index (κ3) is 4.81. The van der Waals surface area contributed by atoms with Crippen LogP contribution in [0.2, 0.25) is 0 Å². The van der Waals surface area contributed by atoms with Crippen LogP contribution >= 0.6 is 0 Å². The molecule has 1 spiro atoms. The van der Waals surface area contributed by atoms with Gasteiger partial charge in [0.1, 0.15) is 0 Å². The van der Waals surface area contributed by atoms with Crippen LogP contribution in [0.25, 0.3) is 21.9 Å². The van der Waals surface area contributed by atoms with Crippen molar-refractivity contribution in [3.63, 3.8) is 0 Å². The molecule has 0 unspecified atom stereocenters. The first-order valence-electron chi connectivity index (χ1n) is 20.2. The third-order valence-corrected chi connectivity index (χ3v) is 13.2. The van der Waals surface area contributed by atoms with Gasteiger partial charge in [-0.25, -0.2) is 0 Å². The molecule has 56 heavy (non-hydrogen) atoms. The fourth-order valence-electron chi connectivity index (χ4n) is 10.8. The lowest BCUT2D eigenvalue weighted by Crippen LogP contribution is -2.27. The Labute approximate surface area is 330 Å². The summed E-state index contributed by atoms with van der Waals surface area (Å²) in [4.78, 5) is 5.10. The fraction of sp³-hybridized carbons (Fsp3) is 0.148. The lowest BCUT2D eigenvalue weighted by atomic mass is 9.74. The second-order valence-electron chi connectivity index (χ2n) is 16.4. The van der Waals surface area contributed by atoms with Crippen molar-refractivity contribution in [3.05, 3.63) is 215 Å². The second kappa shape index (κ2) is 12.6. The molecule has 0 N–H and O–H groups in total. The van der Waals surface area contributed by atoms with E-state index in [1.165, 1.54) is 89.4 Å². The first kappa shape index (κ1) is 33.0. The quantitative estimate of drug-likeness (QED) is 0.169. The predicted molar refractivity (Wildman–Crippen MR) is 235 cm³/mol. The van der Waals surface area contributed by atoms with Gasteiger partial charge in [0.05, 0.1) is 17.1 Å². The molecule has 0 radical (unpaired) electrons. The average Bonchev–Trinajstić information content (AvgIpc) is 3.89. The minimum atomic E-state index is -0.145. The summed E-state index contributed by atoms with van der Waals surface area (Å²) in [6.07, 6.45) is 4.31. The number of benzene rings is 8. The molecule has 0 saturated heterocycles. The van der Waals surface area contributed by atoms with Crippen LogP contribution in [0.15, 0.2) is 182 Å². The van der Waals surface area contributed by atoms with E-state index in [0.29, 0.717) is 0 Å². The zero-order valence-corrected chi connectivity index (χ0v) is 32.0. The van der Waals surface area contributed by atoms with Gasteiger partial charge >= 0.3 is 0 Å². The molecule has 1 atom stereocenters. The maximum atomic E-state index is 2.56. The highest BCUT2D eigenvalue weighted by atomic mass is 15.2. The molecule has 2 heteroatoms. The number of anilines is 6. The van der Waals surface area contributed by atoms with Gasteiger partial charge in [0.25, 0.3) is 0 Å². The minimum absolute atomic E-state index is 0.0429. The minimum Gasteiger partial charge on any atom is -0.310 e. The maximum Gasteiger partial charge on any atom is 0.0540 e. The molecule has 0 saturated carbocycles. The molecular formula is C54H44N2. The van der Waals surface area contributed by atoms with Gasteiger partial charge in [0.2, 0.25) is 0 Å². The largest absolute Gasteiger partial charge is 0.310 e. The monoisotopic (exact) mass is 720 g/mol. The molecule has 11 rings (SSSR count). The number of rotatable bonds is 6. The van der Waals surface area contributed by atoms with Crippen molar-refractivity contribution in [3.8, 4) is 11.1 Å². The summed E-state index contributed by atoms with van der Waals surface area (Å²) in [6, 6.07) is 68.0. The van der Waals surface area contributed by atoms with Crippen molar-refractivity contribution >= 4 is 44.9 Å². The Morgan fingerprint density at radius 2 is 0.946 bits per heavy atom. The van der Waals surface area contributed by atoms with Gasteiger partial charge in [-0.1, -0.05) is 141 Å². The van der Waals surface area contributed by atoms with Crippen LogP contribution in [0, 0.1) is 0 Å². The number of hydrogen-bond acceptors (Lipinski definition) is 2. The topological polar surface area (TPSA) is 6.48 Å². The van der Waals surface area contributed by atoms with E-state index in [-0.39, 0.29) is 10.8 Å². The molecule has 8 aromatic rings. The van der Waals surface area contributed by atoms with E-state index in [1.54, 1.807) is 0 Å². The molecule has 0 aliphatic heterocycles. The molecule has 2 nitrogen and oxygen atoms in total. The van der Waals surface area contributed by atoms with Gasteiger partial charge in [-0.2, -0.15) is 0 Å². The Hall–Kier alpha value is -6.38. The number of fused-ring (bicyclic) bond motifs is 8. The Morgan fingerprint density at radius 1 is 0.411 bits per heavy atom. The van der Waals surface area contributed by atoms with Crippen LogP contribution in [0.1, 0.15) is 60.1 Å². The molecular weight excluding hydrogens is 677 g/mol. The van der Waals surface area contributed by atoms with Gasteiger partial charge in [0, 0.05) is 33.3 Å². The van der Waals surface area contributed by atoms with E-state index in [1.807, 2.05) is 0 Å². The molecule has 270 valence electrons. The molecule has 0 bridgehead atoms. The molecule has 0 amide bonds. The number of aryl methyl sites for hydroxylation is 2. The highest BCUT2D eigenvalue weighted by Crippen LogP contribution is 2.60. The molecule has 8 aromatic carbocycles. The Morgan fingerprint density at radius 3 is 1.66 bits per heavy atom. The van der Waals surface area contributed by atoms with Crippen LogP contribution in [0.5, 0.6) is 0 Å². The summed E-state index contributed by atoms with van der Waals surface area (Å²) in [6.45, 7) is 4.73. The van der Waals surface area contributed by atoms with E-state index in [0.717, 1.165) is 25.7 Å². The van der Waals surface area contributed by atoms with E-state index in [4.69, 9.17) is 0 Å². The highest BCUT2D eigenvalue weighted by Gasteiger charge is 2.49. The molecule has 0 heterocycles. The van der Waals surface area contributed by atoms with Crippen LogP contribution in [0.4, 0.5) is 34.1 Å². The van der Waals surface area contributed by atoms with E-state index < -0.39 is 0 Å². The van der Waals surface area contributed by atoms with E-state index in [9.17, 15) is 0 Å². The van der Waals surface area contributed by atoms with Crippen molar-refractivity contribution in [2.45, 2.75) is 50.4 Å². The summed E-state index contributed by atoms with van der Waals surface area (Å²) >= 11 is 0. The highest BCUT2D eigenvalue weighted by molar-refractivity contribution is 6.00. The summed E-state index contributed by atoms with van der Waals surface area (Å²) < 4.78 is 0. The Kier molecular flexibility index (Phi) is 7.41. The van der Waals surface area contributed by atoms with Gasteiger partial charge in [-0.05, 0) is 130 Å². The first-order chi connectivity index (χ1) is 27.5. The van der Waals surface area contributed by atoms with Crippen molar-refractivity contribution in [1.29, 1.82) is 0 Å². The molecule has 3 aliphatic carbocycles. The van der Waals surface area contributed by atoms with E-state index >= 15 is 0 Å². The maximum absolute atomic E-state index is 2.56. The van der Waals surface area contributed by atoms with Crippen LogP contribution in [-0.4, -0.2) is 0 Å². The summed E-state index contributed by atoms with van der Waals surface area (Å²) in [7, 11) is 0. The summed E-state index contributed by atoms with van der Waals surface area (Å²) in [5.41, 5.74) is 18.6. The zero-order chi connectivity index (χ0) is 37.4. The smallest absolute Gasteiger partial charge is 0.0540 e. The zero-order valence-electron chi connectivity index (χ0n) is 32.0. The van der Waals surface area contributed by atoms with Gasteiger partial charge in [0.15, 0.2) is 0 Å². The van der Waals surface area contributed by atoms with Crippen LogP contribution in [0.3, 0.4) is 0 Å². The van der Waals surface area contributed by atoms with Crippen LogP contribution in [-0.2, 0) is 23.7 Å². The fourth-order valence-corrected chi connectivity index (χ4v) is 10.8. The number of para-hydroxylation sites is 2. The Bertz CT molecular complexity index is 2790. The third-order valence-electron chi connectivity index (χ3n) is 13.2. The second-order valence-corrected chi connectivity index (χ2v) is 16.4. The molecule has 0 fully saturated rings. The van der Waals surface area contributed by atoms with E-state index in [2.05, 4.69) is 206 Å². The predicted octanol–water partition coefficient (Wildman–Crippen LogP) is 14.3. The van der Waals surface area contributed by atoms with Gasteiger partial charge < -0.3 is 9.80 Å². The number of nitrogens with zero attached hydrogens (tertiary/aromatic N) is 2. The standard InChI is InChI=1S/C54H44N2/c1-53(2)46-26-12-11-25-44(46)45-36-42(30-31-47(45)53)55(40-20-5-3-6-21-40)49-28-14-18-38-32-34-54(51(38)49)35-33-39-19-15-29-50(52(39)54)56(41-22-7-4-8-23-41)48-27-13-17-37-16-9-10-24-43(37)48/h3-31,36H,32-35H2,1-2H3/t54-/m1/s1. The van der Waals surface area contributed by atoms with Crippen molar-refractivity contribution < 1.29 is 0 Å². The van der Waals surface area contributed by atoms with Gasteiger partial charge in [-0.15, -0.1) is 0 Å². The average molecular weight is 721 g/mol. The summed E-state index contributed by atoms with van der Waals surface area (Å²) in [5.74, 6) is 0. The lowest BCUT2D eigenvalue weighted by molar-refractivity contribution is 0.508. The molecule has 3 aliphatic rings. The molecule has 0 aromatic heterocycles. The summed E-state index contributed by atoms with van der Waals surface area (Å²) in [5, 5.41) is 2.51. The number of hydrogen-bond donors (Lipinski definition) is 0. The normalized spacial score (nSPS) is 17.0.